The third-order valence-corrected chi connectivity index (χ3v) is 4.24. The Morgan fingerprint density at radius 2 is 2.29 bits per heavy atom. The summed E-state index contributed by atoms with van der Waals surface area (Å²) in [5, 5.41) is 3.67. The zero-order valence-corrected chi connectivity index (χ0v) is 9.77. The molecule has 2 aromatic heterocycles. The number of sulfone groups is 1. The Balaban J connectivity index is 1.89. The predicted octanol–water partition coefficient (Wildman–Crippen LogP) is 1.25. The van der Waals surface area contributed by atoms with Crippen LogP contribution in [0.15, 0.2) is 28.3 Å². The van der Waals surface area contributed by atoms with Crippen molar-refractivity contribution in [1.82, 2.24) is 15.1 Å². The molecule has 0 unspecified atom stereocenters. The van der Waals surface area contributed by atoms with Crippen molar-refractivity contribution in [3.8, 4) is 0 Å². The lowest BCUT2D eigenvalue weighted by atomic mass is 10.2. The molecule has 7 heteroatoms. The van der Waals surface area contributed by atoms with Crippen molar-refractivity contribution in [2.24, 2.45) is 0 Å². The summed E-state index contributed by atoms with van der Waals surface area (Å²) in [6.45, 7) is 0. The minimum atomic E-state index is -3.43. The van der Waals surface area contributed by atoms with E-state index in [1.165, 1.54) is 18.6 Å². The quantitative estimate of drug-likeness (QED) is 0.885. The first kappa shape index (κ1) is 10.5. The lowest BCUT2D eigenvalue weighted by molar-refractivity contribution is 0.383. The van der Waals surface area contributed by atoms with E-state index in [0.29, 0.717) is 17.2 Å². The van der Waals surface area contributed by atoms with Gasteiger partial charge in [-0.3, -0.25) is 0 Å². The number of aromatic nitrogens is 3. The molecule has 2 heterocycles. The third-order valence-electron chi connectivity index (χ3n) is 2.74. The second-order valence-electron chi connectivity index (χ2n) is 4.14. The lowest BCUT2D eigenvalue weighted by Crippen LogP contribution is -2.07. The zero-order chi connectivity index (χ0) is 11.9. The van der Waals surface area contributed by atoms with E-state index in [0.717, 1.165) is 12.8 Å². The average Bonchev–Trinajstić information content (AvgIpc) is 2.82. The molecule has 0 saturated heterocycles. The van der Waals surface area contributed by atoms with Gasteiger partial charge < -0.3 is 9.51 Å². The molecule has 0 bridgehead atoms. The Kier molecular flexibility index (Phi) is 2.29. The highest BCUT2D eigenvalue weighted by Gasteiger charge is 2.32. The van der Waals surface area contributed by atoms with Crippen LogP contribution in [-0.2, 0) is 15.6 Å². The molecule has 90 valence electrons. The third kappa shape index (κ3) is 1.97. The van der Waals surface area contributed by atoms with Gasteiger partial charge in [0.1, 0.15) is 5.76 Å². The van der Waals surface area contributed by atoms with Crippen LogP contribution < -0.4 is 0 Å². The summed E-state index contributed by atoms with van der Waals surface area (Å²) in [4.78, 5) is 6.37. The maximum absolute atomic E-state index is 12.0. The smallest absolute Gasteiger partial charge is 0.225 e. The number of H-pyrrole nitrogens is 1. The largest absolute Gasteiger partial charge is 0.361 e. The van der Waals surface area contributed by atoms with Gasteiger partial charge in [-0.25, -0.2) is 13.4 Å². The standard InChI is InChI=1S/C10H11N3O3S/c14-17(15,10-11-3-4-12-10)6-8-5-13-16-9(8)7-1-2-7/h3-5,7H,1-2,6H2,(H,11,12). The predicted molar refractivity (Wildman–Crippen MR) is 58.0 cm³/mol. The van der Waals surface area contributed by atoms with Crippen LogP contribution in [0.2, 0.25) is 0 Å². The molecular weight excluding hydrogens is 242 g/mol. The van der Waals surface area contributed by atoms with Crippen LogP contribution in [0.4, 0.5) is 0 Å². The summed E-state index contributed by atoms with van der Waals surface area (Å²) in [7, 11) is -3.43. The fourth-order valence-electron chi connectivity index (χ4n) is 1.75. The maximum Gasteiger partial charge on any atom is 0.225 e. The van der Waals surface area contributed by atoms with Gasteiger partial charge in [0, 0.05) is 23.9 Å². The van der Waals surface area contributed by atoms with Crippen LogP contribution in [0, 0.1) is 0 Å². The minimum Gasteiger partial charge on any atom is -0.361 e. The van der Waals surface area contributed by atoms with Gasteiger partial charge in [-0.05, 0) is 12.8 Å². The van der Waals surface area contributed by atoms with E-state index in [1.807, 2.05) is 0 Å². The summed E-state index contributed by atoms with van der Waals surface area (Å²) < 4.78 is 29.1. The van der Waals surface area contributed by atoms with Gasteiger partial charge in [-0.15, -0.1) is 0 Å². The topological polar surface area (TPSA) is 88.8 Å². The highest BCUT2D eigenvalue weighted by molar-refractivity contribution is 7.90. The molecule has 0 amide bonds. The number of hydrogen-bond acceptors (Lipinski definition) is 5. The number of imidazole rings is 1. The molecular formula is C10H11N3O3S. The molecule has 3 rings (SSSR count). The van der Waals surface area contributed by atoms with Crippen molar-refractivity contribution < 1.29 is 12.9 Å². The van der Waals surface area contributed by atoms with Gasteiger partial charge >= 0.3 is 0 Å². The fourth-order valence-corrected chi connectivity index (χ4v) is 2.99. The first-order valence-corrected chi connectivity index (χ1v) is 6.97. The lowest BCUT2D eigenvalue weighted by Gasteiger charge is -2.00. The maximum atomic E-state index is 12.0. The van der Waals surface area contributed by atoms with E-state index >= 15 is 0 Å². The molecule has 0 atom stereocenters. The molecule has 1 saturated carbocycles. The van der Waals surface area contributed by atoms with Crippen LogP contribution in [-0.4, -0.2) is 23.5 Å². The summed E-state index contributed by atoms with van der Waals surface area (Å²) in [6.07, 6.45) is 6.48. The SMILES string of the molecule is O=S(=O)(Cc1cnoc1C1CC1)c1ncc[nH]1. The van der Waals surface area contributed by atoms with Gasteiger partial charge in [0.2, 0.25) is 15.0 Å². The van der Waals surface area contributed by atoms with Gasteiger partial charge in [-0.2, -0.15) is 0 Å². The number of rotatable bonds is 4. The molecule has 0 aliphatic heterocycles. The van der Waals surface area contributed by atoms with Crippen LogP contribution in [0.5, 0.6) is 0 Å². The van der Waals surface area contributed by atoms with Crippen LogP contribution in [0.25, 0.3) is 0 Å². The van der Waals surface area contributed by atoms with Gasteiger partial charge in [0.05, 0.1) is 11.9 Å². The Hall–Kier alpha value is -1.63. The van der Waals surface area contributed by atoms with Crippen molar-refractivity contribution in [3.63, 3.8) is 0 Å². The van der Waals surface area contributed by atoms with Crippen molar-refractivity contribution in [2.75, 3.05) is 0 Å². The highest BCUT2D eigenvalue weighted by atomic mass is 32.2. The summed E-state index contributed by atoms with van der Waals surface area (Å²) in [5.41, 5.74) is 0.643. The number of hydrogen-bond donors (Lipinski definition) is 1. The van der Waals surface area contributed by atoms with Crippen LogP contribution in [0.1, 0.15) is 30.1 Å². The van der Waals surface area contributed by atoms with E-state index in [9.17, 15) is 8.42 Å². The number of aromatic amines is 1. The zero-order valence-electron chi connectivity index (χ0n) is 8.96. The summed E-state index contributed by atoms with van der Waals surface area (Å²) in [6, 6.07) is 0. The molecule has 6 nitrogen and oxygen atoms in total. The molecule has 1 aliphatic rings. The Labute approximate surface area is 98.0 Å². The van der Waals surface area contributed by atoms with E-state index in [4.69, 9.17) is 4.52 Å². The molecule has 1 N–H and O–H groups in total. The molecule has 0 aromatic carbocycles. The van der Waals surface area contributed by atoms with E-state index in [2.05, 4.69) is 15.1 Å². The van der Waals surface area contributed by atoms with Crippen molar-refractivity contribution >= 4 is 9.84 Å². The molecule has 0 spiro atoms. The molecule has 1 aliphatic carbocycles. The van der Waals surface area contributed by atoms with Crippen LogP contribution in [0.3, 0.4) is 0 Å². The van der Waals surface area contributed by atoms with Crippen molar-refractivity contribution in [2.45, 2.75) is 29.7 Å². The number of nitrogens with zero attached hydrogens (tertiary/aromatic N) is 2. The Morgan fingerprint density at radius 1 is 1.47 bits per heavy atom. The molecule has 2 aromatic rings. The highest BCUT2D eigenvalue weighted by Crippen LogP contribution is 2.42. The monoisotopic (exact) mass is 253 g/mol. The second-order valence-corrected chi connectivity index (χ2v) is 6.05. The van der Waals surface area contributed by atoms with Crippen LogP contribution >= 0.6 is 0 Å². The normalized spacial score (nSPS) is 16.2. The first-order chi connectivity index (χ1) is 8.17. The molecule has 0 radical (unpaired) electrons. The summed E-state index contributed by atoms with van der Waals surface area (Å²) in [5.74, 6) is 0.940. The average molecular weight is 253 g/mol. The van der Waals surface area contributed by atoms with Crippen molar-refractivity contribution in [1.29, 1.82) is 0 Å². The molecule has 1 fully saturated rings. The molecule has 17 heavy (non-hydrogen) atoms. The second kappa shape index (κ2) is 3.69. The Bertz CT molecular complexity index is 611. The number of nitrogens with one attached hydrogen (secondary N) is 1. The Morgan fingerprint density at radius 3 is 2.94 bits per heavy atom. The van der Waals surface area contributed by atoms with Gasteiger partial charge in [0.15, 0.2) is 0 Å². The minimum absolute atomic E-state index is 0.0135. The first-order valence-electron chi connectivity index (χ1n) is 5.32. The van der Waals surface area contributed by atoms with Crippen molar-refractivity contribution in [3.05, 3.63) is 29.9 Å². The fraction of sp³-hybridized carbons (Fsp3) is 0.400. The van der Waals surface area contributed by atoms with E-state index in [-0.39, 0.29) is 10.9 Å². The van der Waals surface area contributed by atoms with E-state index in [1.54, 1.807) is 0 Å². The summed E-state index contributed by atoms with van der Waals surface area (Å²) >= 11 is 0. The van der Waals surface area contributed by atoms with Gasteiger partial charge in [-0.1, -0.05) is 5.16 Å². The van der Waals surface area contributed by atoms with E-state index < -0.39 is 9.84 Å². The van der Waals surface area contributed by atoms with Gasteiger partial charge in [0.25, 0.3) is 0 Å².